The van der Waals surface area contributed by atoms with E-state index in [1.807, 2.05) is 0 Å². The molecule has 0 unspecified atom stereocenters. The molecule has 7 nitrogen and oxygen atoms in total. The second kappa shape index (κ2) is 8.21. The predicted octanol–water partition coefficient (Wildman–Crippen LogP) is -0.897. The van der Waals surface area contributed by atoms with Crippen LogP contribution in [0.3, 0.4) is 0 Å². The highest BCUT2D eigenvalue weighted by Crippen LogP contribution is 1.91. The molecule has 0 rings (SSSR count). The molecule has 0 radical (unpaired) electrons. The molecule has 0 heterocycles. The molecule has 0 saturated heterocycles. The number of nitrogens with zero attached hydrogens (tertiary/aromatic N) is 1. The summed E-state index contributed by atoms with van der Waals surface area (Å²) >= 11 is 0. The van der Waals surface area contributed by atoms with Crippen LogP contribution in [-0.2, 0) is 23.9 Å². The number of rotatable bonds is 7. The van der Waals surface area contributed by atoms with Crippen molar-refractivity contribution >= 4 is 23.6 Å². The van der Waals surface area contributed by atoms with Crippen molar-refractivity contribution in [2.45, 2.75) is 20.8 Å². The third kappa shape index (κ3) is 5.97. The number of carbonyl (C=O) groups is 4. The molecule has 0 atom stereocenters. The van der Waals surface area contributed by atoms with Crippen molar-refractivity contribution < 1.29 is 23.9 Å². The first-order valence-corrected chi connectivity index (χ1v) is 5.64. The van der Waals surface area contributed by atoms with Crippen molar-refractivity contribution in [1.82, 2.24) is 10.2 Å². The van der Waals surface area contributed by atoms with Gasteiger partial charge in [-0.1, -0.05) is 0 Å². The van der Waals surface area contributed by atoms with Gasteiger partial charge in [0.25, 0.3) is 11.7 Å². The Morgan fingerprint density at radius 2 is 1.67 bits per heavy atom. The largest absolute Gasteiger partial charge is 0.456 e. The van der Waals surface area contributed by atoms with E-state index in [1.54, 1.807) is 13.8 Å². The molecule has 0 saturated carbocycles. The van der Waals surface area contributed by atoms with Crippen LogP contribution in [0.5, 0.6) is 0 Å². The number of likely N-dealkylation sites (N-methyl/N-ethyl adjacent to an activating group) is 1. The summed E-state index contributed by atoms with van der Waals surface area (Å²) in [5, 5.41) is 2.22. The molecule has 0 aliphatic rings. The number of hydrogen-bond donors (Lipinski definition) is 1. The highest BCUT2D eigenvalue weighted by Gasteiger charge is 2.20. The second-order valence-corrected chi connectivity index (χ2v) is 3.47. The third-order valence-electron chi connectivity index (χ3n) is 2.14. The lowest BCUT2D eigenvalue weighted by Gasteiger charge is -2.17. The van der Waals surface area contributed by atoms with Gasteiger partial charge in [-0.2, -0.15) is 0 Å². The smallest absolute Gasteiger partial charge is 0.325 e. The van der Waals surface area contributed by atoms with Crippen molar-refractivity contribution in [3.8, 4) is 0 Å². The van der Waals surface area contributed by atoms with Crippen LogP contribution in [0.2, 0.25) is 0 Å². The molecule has 102 valence electrons. The predicted molar refractivity (Wildman–Crippen MR) is 62.6 cm³/mol. The minimum absolute atomic E-state index is 0.317. The van der Waals surface area contributed by atoms with Gasteiger partial charge in [0.15, 0.2) is 6.61 Å². The lowest BCUT2D eigenvalue weighted by molar-refractivity contribution is -0.153. The third-order valence-corrected chi connectivity index (χ3v) is 2.14. The van der Waals surface area contributed by atoms with Crippen molar-refractivity contribution in [2.75, 3.05) is 26.2 Å². The van der Waals surface area contributed by atoms with E-state index in [9.17, 15) is 19.2 Å². The van der Waals surface area contributed by atoms with Crippen LogP contribution < -0.4 is 5.32 Å². The number of nitrogens with one attached hydrogen (secondary N) is 1. The molecule has 2 amide bonds. The molecule has 0 aromatic heterocycles. The van der Waals surface area contributed by atoms with E-state index in [0.29, 0.717) is 13.1 Å². The highest BCUT2D eigenvalue weighted by molar-refractivity contribution is 6.36. The molecule has 0 aliphatic carbocycles. The summed E-state index contributed by atoms with van der Waals surface area (Å²) in [5.74, 6) is -2.59. The Bertz CT molecular complexity index is 336. The van der Waals surface area contributed by atoms with Gasteiger partial charge < -0.3 is 15.0 Å². The van der Waals surface area contributed by atoms with Crippen molar-refractivity contribution in [2.24, 2.45) is 0 Å². The number of carbonyl (C=O) groups excluding carboxylic acids is 4. The Kier molecular flexibility index (Phi) is 7.34. The quantitative estimate of drug-likeness (QED) is 0.472. The molecule has 0 bridgehead atoms. The van der Waals surface area contributed by atoms with Gasteiger partial charge >= 0.3 is 5.97 Å². The fourth-order valence-electron chi connectivity index (χ4n) is 1.14. The minimum Gasteiger partial charge on any atom is -0.456 e. The molecule has 0 spiro atoms. The van der Waals surface area contributed by atoms with Gasteiger partial charge in [0.2, 0.25) is 5.91 Å². The summed E-state index contributed by atoms with van der Waals surface area (Å²) in [6, 6.07) is 0. The molecular weight excluding hydrogens is 240 g/mol. The van der Waals surface area contributed by atoms with Crippen LogP contribution in [-0.4, -0.2) is 54.7 Å². The maximum absolute atomic E-state index is 11.5. The van der Waals surface area contributed by atoms with Gasteiger partial charge in [-0.25, -0.2) is 0 Å². The average Bonchev–Trinajstić information content (AvgIpc) is 2.34. The molecule has 1 N–H and O–H groups in total. The van der Waals surface area contributed by atoms with E-state index in [2.05, 4.69) is 10.1 Å². The van der Waals surface area contributed by atoms with Crippen molar-refractivity contribution in [1.29, 1.82) is 0 Å². The summed E-state index contributed by atoms with van der Waals surface area (Å²) in [6.45, 7) is 4.66. The molecule has 0 fully saturated rings. The van der Waals surface area contributed by atoms with Crippen molar-refractivity contribution in [3.63, 3.8) is 0 Å². The number of esters is 1. The van der Waals surface area contributed by atoms with Gasteiger partial charge in [0.1, 0.15) is 6.54 Å². The topological polar surface area (TPSA) is 92.8 Å². The van der Waals surface area contributed by atoms with E-state index in [-0.39, 0.29) is 12.5 Å². The lowest BCUT2D eigenvalue weighted by Crippen LogP contribution is -2.39. The fourth-order valence-corrected chi connectivity index (χ4v) is 1.14. The van der Waals surface area contributed by atoms with Crippen LogP contribution in [0, 0.1) is 0 Å². The molecule has 7 heteroatoms. The summed E-state index contributed by atoms with van der Waals surface area (Å²) < 4.78 is 4.56. The summed E-state index contributed by atoms with van der Waals surface area (Å²) in [6.07, 6.45) is 0. The highest BCUT2D eigenvalue weighted by atomic mass is 16.5. The first-order valence-electron chi connectivity index (χ1n) is 5.64. The van der Waals surface area contributed by atoms with Crippen LogP contribution in [0.15, 0.2) is 0 Å². The normalized spacial score (nSPS) is 9.50. The number of ketones is 1. The molecular formula is C11H18N2O5. The first kappa shape index (κ1) is 16.1. The number of hydrogen-bond acceptors (Lipinski definition) is 5. The maximum Gasteiger partial charge on any atom is 0.325 e. The Hall–Kier alpha value is -1.92. The average molecular weight is 258 g/mol. The number of ether oxygens (including phenoxy) is 1. The summed E-state index contributed by atoms with van der Waals surface area (Å²) in [5.41, 5.74) is 0. The second-order valence-electron chi connectivity index (χ2n) is 3.47. The fraction of sp³-hybridized carbons (Fsp3) is 0.636. The standard InChI is InChI=1S/C11H18N2O5/c1-4-13(5-2)11(17)9(15)7-18-10(16)6-12-8(3)14/h4-7H2,1-3H3,(H,12,14). The lowest BCUT2D eigenvalue weighted by atomic mass is 10.3. The molecule has 0 aromatic rings. The van der Waals surface area contributed by atoms with E-state index in [1.165, 1.54) is 11.8 Å². The zero-order chi connectivity index (χ0) is 14.1. The van der Waals surface area contributed by atoms with Crippen LogP contribution in [0.4, 0.5) is 0 Å². The van der Waals surface area contributed by atoms with Crippen LogP contribution >= 0.6 is 0 Å². The van der Waals surface area contributed by atoms with E-state index < -0.39 is 24.3 Å². The van der Waals surface area contributed by atoms with Crippen LogP contribution in [0.25, 0.3) is 0 Å². The van der Waals surface area contributed by atoms with E-state index >= 15 is 0 Å². The van der Waals surface area contributed by atoms with Crippen molar-refractivity contribution in [3.05, 3.63) is 0 Å². The summed E-state index contributed by atoms with van der Waals surface area (Å²) in [7, 11) is 0. The van der Waals surface area contributed by atoms with E-state index in [0.717, 1.165) is 0 Å². The molecule has 0 aliphatic heterocycles. The minimum atomic E-state index is -0.783. The van der Waals surface area contributed by atoms with E-state index in [4.69, 9.17) is 0 Å². The number of Topliss-reactive ketones (excluding diaryl/α,β-unsaturated/α-hetero) is 1. The van der Waals surface area contributed by atoms with Gasteiger partial charge in [-0.15, -0.1) is 0 Å². The SMILES string of the molecule is CCN(CC)C(=O)C(=O)COC(=O)CNC(C)=O. The summed E-state index contributed by atoms with van der Waals surface area (Å²) in [4.78, 5) is 45.8. The van der Waals surface area contributed by atoms with Crippen LogP contribution in [0.1, 0.15) is 20.8 Å². The first-order chi connectivity index (χ1) is 8.42. The van der Waals surface area contributed by atoms with Gasteiger partial charge in [-0.05, 0) is 13.8 Å². The Balaban J connectivity index is 4.06. The Morgan fingerprint density at radius 1 is 1.11 bits per heavy atom. The molecule has 0 aromatic carbocycles. The maximum atomic E-state index is 11.5. The monoisotopic (exact) mass is 258 g/mol. The Labute approximate surface area is 105 Å². The van der Waals surface area contributed by atoms with Gasteiger partial charge in [0, 0.05) is 20.0 Å². The zero-order valence-corrected chi connectivity index (χ0v) is 10.8. The Morgan fingerprint density at radius 3 is 2.11 bits per heavy atom. The van der Waals surface area contributed by atoms with Gasteiger partial charge in [-0.3, -0.25) is 19.2 Å². The number of amides is 2. The van der Waals surface area contributed by atoms with Gasteiger partial charge in [0.05, 0.1) is 0 Å². The molecule has 18 heavy (non-hydrogen) atoms. The zero-order valence-electron chi connectivity index (χ0n) is 10.8.